The molecule has 3 unspecified atom stereocenters. The van der Waals surface area contributed by atoms with Crippen LogP contribution in [0, 0.1) is 5.92 Å². The Hall–Kier alpha value is -0.200. The summed E-state index contributed by atoms with van der Waals surface area (Å²) in [7, 11) is -2.92. The molecule has 0 aromatic heterocycles. The van der Waals surface area contributed by atoms with Gasteiger partial charge >= 0.3 is 0 Å². The summed E-state index contributed by atoms with van der Waals surface area (Å²) < 4.78 is 23.4. The molecule has 1 aliphatic rings. The Morgan fingerprint density at radius 1 is 1.47 bits per heavy atom. The minimum Gasteiger partial charge on any atom is -0.393 e. The molecule has 0 amide bonds. The molecule has 4 nitrogen and oxygen atoms in total. The number of nitrogens with zero attached hydrogens (tertiary/aromatic N) is 1. The van der Waals surface area contributed by atoms with E-state index in [2.05, 4.69) is 11.8 Å². The first kappa shape index (κ1) is 16.9. The lowest BCUT2D eigenvalue weighted by Gasteiger charge is -2.37. The van der Waals surface area contributed by atoms with Gasteiger partial charge in [-0.15, -0.1) is 0 Å². The van der Waals surface area contributed by atoms with Crippen LogP contribution < -0.4 is 5.73 Å². The average molecular weight is 306 g/mol. The topological polar surface area (TPSA) is 63.4 Å². The van der Waals surface area contributed by atoms with Crippen molar-refractivity contribution in [1.82, 2.24) is 4.90 Å². The second kappa shape index (κ2) is 6.99. The van der Waals surface area contributed by atoms with Crippen molar-refractivity contribution < 1.29 is 8.42 Å². The van der Waals surface area contributed by atoms with E-state index in [0.29, 0.717) is 11.0 Å². The second-order valence-electron chi connectivity index (χ2n) is 5.66. The van der Waals surface area contributed by atoms with Crippen molar-refractivity contribution in [3.63, 3.8) is 0 Å². The second-order valence-corrected chi connectivity index (χ2v) is 8.46. The van der Waals surface area contributed by atoms with E-state index in [0.717, 1.165) is 38.8 Å². The van der Waals surface area contributed by atoms with Gasteiger partial charge in [0.2, 0.25) is 0 Å². The van der Waals surface area contributed by atoms with E-state index in [9.17, 15) is 8.42 Å². The normalized spacial score (nSPS) is 26.3. The highest BCUT2D eigenvalue weighted by atomic mass is 32.2. The van der Waals surface area contributed by atoms with Crippen molar-refractivity contribution in [2.24, 2.45) is 11.7 Å². The SMILES string of the molecule is CCN(CC(C)C(N)=S)C1CCCC(S(C)(=O)=O)C1. The zero-order valence-corrected chi connectivity index (χ0v) is 13.8. The van der Waals surface area contributed by atoms with Gasteiger partial charge in [0, 0.05) is 24.8 Å². The van der Waals surface area contributed by atoms with Crippen LogP contribution in [0.25, 0.3) is 0 Å². The Kier molecular flexibility index (Phi) is 6.20. The summed E-state index contributed by atoms with van der Waals surface area (Å²) in [5.74, 6) is 0.175. The first-order valence-corrected chi connectivity index (χ1v) is 9.34. The summed E-state index contributed by atoms with van der Waals surface area (Å²) in [6, 6.07) is 0.343. The standard InChI is InChI=1S/C13H26N2O2S2/c1-4-15(9-10(2)13(14)18)11-6-5-7-12(8-11)19(3,16)17/h10-12H,4-9H2,1-3H3,(H2,14,18). The molecule has 1 aliphatic carbocycles. The Bertz CT molecular complexity index is 409. The third-order valence-corrected chi connectivity index (χ3v) is 6.16. The predicted octanol–water partition coefficient (Wildman–Crippen LogP) is 1.59. The lowest BCUT2D eigenvalue weighted by molar-refractivity contribution is 0.156. The molecular formula is C13H26N2O2S2. The number of hydrogen-bond acceptors (Lipinski definition) is 4. The molecule has 0 aromatic carbocycles. The van der Waals surface area contributed by atoms with E-state index in [4.69, 9.17) is 18.0 Å². The van der Waals surface area contributed by atoms with Crippen LogP contribution in [0.3, 0.4) is 0 Å². The van der Waals surface area contributed by atoms with Crippen LogP contribution in [-0.2, 0) is 9.84 Å². The summed E-state index contributed by atoms with van der Waals surface area (Å²) in [5.41, 5.74) is 5.67. The van der Waals surface area contributed by atoms with Crippen molar-refractivity contribution in [1.29, 1.82) is 0 Å². The molecule has 112 valence electrons. The molecule has 0 heterocycles. The van der Waals surface area contributed by atoms with E-state index < -0.39 is 9.84 Å². The van der Waals surface area contributed by atoms with Gasteiger partial charge in [-0.2, -0.15) is 0 Å². The quantitative estimate of drug-likeness (QED) is 0.755. The number of rotatable bonds is 6. The van der Waals surface area contributed by atoms with Crippen LogP contribution in [0.1, 0.15) is 39.5 Å². The number of sulfone groups is 1. The van der Waals surface area contributed by atoms with E-state index in [1.165, 1.54) is 6.26 Å². The Labute approximate surface area is 122 Å². The lowest BCUT2D eigenvalue weighted by Crippen LogP contribution is -2.45. The lowest BCUT2D eigenvalue weighted by atomic mass is 9.93. The van der Waals surface area contributed by atoms with Crippen molar-refractivity contribution in [2.75, 3.05) is 19.3 Å². The highest BCUT2D eigenvalue weighted by Gasteiger charge is 2.31. The van der Waals surface area contributed by atoms with Gasteiger partial charge in [0.05, 0.1) is 10.2 Å². The first-order chi connectivity index (χ1) is 8.75. The molecule has 3 atom stereocenters. The summed E-state index contributed by atoms with van der Waals surface area (Å²) in [4.78, 5) is 2.87. The first-order valence-electron chi connectivity index (χ1n) is 6.98. The fraction of sp³-hybridized carbons (Fsp3) is 0.923. The van der Waals surface area contributed by atoms with Gasteiger partial charge in [0.25, 0.3) is 0 Å². The fourth-order valence-corrected chi connectivity index (χ4v) is 4.06. The maximum Gasteiger partial charge on any atom is 0.150 e. The van der Waals surface area contributed by atoms with Gasteiger partial charge in [-0.05, 0) is 25.8 Å². The smallest absolute Gasteiger partial charge is 0.150 e. The third-order valence-electron chi connectivity index (χ3n) is 4.12. The predicted molar refractivity (Wildman–Crippen MR) is 84.1 cm³/mol. The van der Waals surface area contributed by atoms with Gasteiger partial charge in [0.1, 0.15) is 9.84 Å². The van der Waals surface area contributed by atoms with Crippen molar-refractivity contribution in [3.8, 4) is 0 Å². The third kappa shape index (κ3) is 5.00. The highest BCUT2D eigenvalue weighted by Crippen LogP contribution is 2.27. The summed E-state index contributed by atoms with van der Waals surface area (Å²) in [5, 5.41) is -0.180. The molecule has 6 heteroatoms. The van der Waals surface area contributed by atoms with Gasteiger partial charge in [-0.25, -0.2) is 8.42 Å². The average Bonchev–Trinajstić information content (AvgIpc) is 2.34. The van der Waals surface area contributed by atoms with E-state index in [1.54, 1.807) is 0 Å². The molecule has 0 saturated heterocycles. The zero-order valence-electron chi connectivity index (χ0n) is 12.1. The van der Waals surface area contributed by atoms with Crippen molar-refractivity contribution in [3.05, 3.63) is 0 Å². The Balaban J connectivity index is 2.68. The van der Waals surface area contributed by atoms with Gasteiger partial charge in [-0.1, -0.05) is 32.5 Å². The summed E-state index contributed by atoms with van der Waals surface area (Å²) in [6.07, 6.45) is 4.96. The van der Waals surface area contributed by atoms with Gasteiger partial charge in [0.15, 0.2) is 0 Å². The van der Waals surface area contributed by atoms with E-state index in [1.807, 2.05) is 6.92 Å². The van der Waals surface area contributed by atoms with Crippen molar-refractivity contribution >= 4 is 27.0 Å². The summed E-state index contributed by atoms with van der Waals surface area (Å²) in [6.45, 7) is 5.87. The maximum absolute atomic E-state index is 11.7. The minimum atomic E-state index is -2.92. The molecule has 0 spiro atoms. The van der Waals surface area contributed by atoms with Crippen LogP contribution in [-0.4, -0.2) is 48.9 Å². The van der Waals surface area contributed by atoms with E-state index >= 15 is 0 Å². The monoisotopic (exact) mass is 306 g/mol. The molecule has 1 rings (SSSR count). The van der Waals surface area contributed by atoms with Crippen molar-refractivity contribution in [2.45, 2.75) is 50.8 Å². The Morgan fingerprint density at radius 3 is 2.58 bits per heavy atom. The number of nitrogens with two attached hydrogens (primary N) is 1. The van der Waals surface area contributed by atoms with Crippen LogP contribution in [0.5, 0.6) is 0 Å². The number of thiocarbonyl (C=S) groups is 1. The minimum absolute atomic E-state index is 0.175. The molecule has 0 aromatic rings. The highest BCUT2D eigenvalue weighted by molar-refractivity contribution is 7.91. The zero-order chi connectivity index (χ0) is 14.6. The largest absolute Gasteiger partial charge is 0.393 e. The van der Waals surface area contributed by atoms with Crippen LogP contribution in [0.4, 0.5) is 0 Å². The summed E-state index contributed by atoms with van der Waals surface area (Å²) >= 11 is 5.02. The van der Waals surface area contributed by atoms with E-state index in [-0.39, 0.29) is 11.2 Å². The molecule has 0 aliphatic heterocycles. The van der Waals surface area contributed by atoms with Crippen LogP contribution in [0.15, 0.2) is 0 Å². The molecule has 1 fully saturated rings. The maximum atomic E-state index is 11.7. The van der Waals surface area contributed by atoms with Gasteiger partial charge in [-0.3, -0.25) is 4.90 Å². The fourth-order valence-electron chi connectivity index (χ4n) is 2.82. The molecule has 2 N–H and O–H groups in total. The molecular weight excluding hydrogens is 280 g/mol. The Morgan fingerprint density at radius 2 is 2.11 bits per heavy atom. The van der Waals surface area contributed by atoms with Crippen LogP contribution in [0.2, 0.25) is 0 Å². The van der Waals surface area contributed by atoms with Gasteiger partial charge < -0.3 is 5.73 Å². The van der Waals surface area contributed by atoms with Crippen LogP contribution >= 0.6 is 12.2 Å². The molecule has 1 saturated carbocycles. The molecule has 0 radical (unpaired) electrons. The number of hydrogen-bond donors (Lipinski definition) is 1. The molecule has 19 heavy (non-hydrogen) atoms. The molecule has 0 bridgehead atoms.